The summed E-state index contributed by atoms with van der Waals surface area (Å²) in [5.74, 6) is 0.400. The van der Waals surface area contributed by atoms with E-state index >= 15 is 0 Å². The number of anilines is 2. The molecule has 0 atom stereocenters. The van der Waals surface area contributed by atoms with Crippen LogP contribution in [0.5, 0.6) is 0 Å². The van der Waals surface area contributed by atoms with Gasteiger partial charge in [0.1, 0.15) is 5.69 Å². The maximum absolute atomic E-state index is 12.7. The molecule has 2 aliphatic heterocycles. The van der Waals surface area contributed by atoms with Gasteiger partial charge in [-0.15, -0.1) is 0 Å². The van der Waals surface area contributed by atoms with Crippen molar-refractivity contribution in [1.29, 1.82) is 0 Å². The van der Waals surface area contributed by atoms with E-state index in [4.69, 9.17) is 11.6 Å². The molecule has 1 N–H and O–H groups in total. The van der Waals surface area contributed by atoms with Crippen LogP contribution in [0, 0.1) is 6.92 Å². The summed E-state index contributed by atoms with van der Waals surface area (Å²) in [4.78, 5) is 26.6. The number of benzene rings is 1. The SMILES string of the molecule is Cc1cc(C(=O)Nc2cccc(Cl)c2)nc(N2CCC(N3CCCC3)CC2)n1. The number of aryl methyl sites for hydroxylation is 1. The molecule has 1 amide bonds. The molecule has 0 unspecified atom stereocenters. The van der Waals surface area contributed by atoms with Gasteiger partial charge in [-0.3, -0.25) is 4.79 Å². The topological polar surface area (TPSA) is 61.4 Å². The Balaban J connectivity index is 1.44. The Labute approximate surface area is 170 Å². The van der Waals surface area contributed by atoms with Crippen molar-refractivity contribution in [2.24, 2.45) is 0 Å². The van der Waals surface area contributed by atoms with Gasteiger partial charge in [0, 0.05) is 35.5 Å². The van der Waals surface area contributed by atoms with Crippen LogP contribution in [0.3, 0.4) is 0 Å². The van der Waals surface area contributed by atoms with Crippen LogP contribution in [-0.2, 0) is 0 Å². The van der Waals surface area contributed by atoms with Gasteiger partial charge >= 0.3 is 0 Å². The molecule has 0 aliphatic carbocycles. The minimum atomic E-state index is -0.249. The van der Waals surface area contributed by atoms with Crippen molar-refractivity contribution >= 4 is 29.1 Å². The molecule has 2 aliphatic rings. The van der Waals surface area contributed by atoms with Gasteiger partial charge in [-0.2, -0.15) is 0 Å². The predicted molar refractivity (Wildman–Crippen MR) is 112 cm³/mol. The number of carbonyl (C=O) groups excluding carboxylic acids is 1. The molecule has 2 aromatic rings. The van der Waals surface area contributed by atoms with E-state index in [1.807, 2.05) is 13.0 Å². The second kappa shape index (κ2) is 8.45. The van der Waals surface area contributed by atoms with E-state index in [1.54, 1.807) is 24.3 Å². The highest BCUT2D eigenvalue weighted by molar-refractivity contribution is 6.30. The molecule has 0 radical (unpaired) electrons. The van der Waals surface area contributed by atoms with Crippen LogP contribution in [0.15, 0.2) is 30.3 Å². The summed E-state index contributed by atoms with van der Waals surface area (Å²) >= 11 is 6.00. The molecule has 3 heterocycles. The minimum Gasteiger partial charge on any atom is -0.341 e. The molecule has 1 aromatic heterocycles. The fourth-order valence-corrected chi connectivity index (χ4v) is 4.30. The summed E-state index contributed by atoms with van der Waals surface area (Å²) in [5.41, 5.74) is 1.83. The Morgan fingerprint density at radius 1 is 1.11 bits per heavy atom. The van der Waals surface area contributed by atoms with Gasteiger partial charge < -0.3 is 15.1 Å². The van der Waals surface area contributed by atoms with Gasteiger partial charge in [0.25, 0.3) is 5.91 Å². The molecule has 0 bridgehead atoms. The fraction of sp³-hybridized carbons (Fsp3) is 0.476. The Morgan fingerprint density at radius 3 is 2.57 bits per heavy atom. The molecule has 6 nitrogen and oxygen atoms in total. The average Bonchev–Trinajstić information content (AvgIpc) is 3.22. The second-order valence-electron chi connectivity index (χ2n) is 7.62. The van der Waals surface area contributed by atoms with Gasteiger partial charge in [0.2, 0.25) is 5.95 Å². The lowest BCUT2D eigenvalue weighted by atomic mass is 10.0. The first-order chi connectivity index (χ1) is 13.6. The van der Waals surface area contributed by atoms with Crippen molar-refractivity contribution < 1.29 is 4.79 Å². The number of nitrogens with one attached hydrogen (secondary N) is 1. The quantitative estimate of drug-likeness (QED) is 0.848. The van der Waals surface area contributed by atoms with Crippen molar-refractivity contribution in [2.45, 2.75) is 38.6 Å². The summed E-state index contributed by atoms with van der Waals surface area (Å²) < 4.78 is 0. The van der Waals surface area contributed by atoms with Crippen molar-refractivity contribution in [3.05, 3.63) is 46.7 Å². The third kappa shape index (κ3) is 4.45. The Bertz CT molecular complexity index is 844. The van der Waals surface area contributed by atoms with Crippen LogP contribution in [0.4, 0.5) is 11.6 Å². The predicted octanol–water partition coefficient (Wildman–Crippen LogP) is 3.76. The molecule has 148 valence electrons. The monoisotopic (exact) mass is 399 g/mol. The molecule has 2 saturated heterocycles. The smallest absolute Gasteiger partial charge is 0.274 e. The number of likely N-dealkylation sites (tertiary alicyclic amines) is 1. The van der Waals surface area contributed by atoms with E-state index in [0.29, 0.717) is 28.4 Å². The average molecular weight is 400 g/mol. The van der Waals surface area contributed by atoms with Crippen molar-refractivity contribution in [2.75, 3.05) is 36.4 Å². The summed E-state index contributed by atoms with van der Waals surface area (Å²) in [7, 11) is 0. The number of nitrogens with zero attached hydrogens (tertiary/aromatic N) is 4. The van der Waals surface area contributed by atoms with Crippen molar-refractivity contribution in [3.63, 3.8) is 0 Å². The second-order valence-corrected chi connectivity index (χ2v) is 8.06. The lowest BCUT2D eigenvalue weighted by molar-refractivity contribution is 0.102. The largest absolute Gasteiger partial charge is 0.341 e. The number of rotatable bonds is 4. The van der Waals surface area contributed by atoms with Crippen molar-refractivity contribution in [3.8, 4) is 0 Å². The van der Waals surface area contributed by atoms with Gasteiger partial charge in [-0.1, -0.05) is 17.7 Å². The van der Waals surface area contributed by atoms with Crippen LogP contribution < -0.4 is 10.2 Å². The first kappa shape index (κ1) is 19.2. The van der Waals surface area contributed by atoms with Gasteiger partial charge in [-0.25, -0.2) is 9.97 Å². The zero-order valence-electron chi connectivity index (χ0n) is 16.2. The Hall–Kier alpha value is -2.18. The van der Waals surface area contributed by atoms with E-state index < -0.39 is 0 Å². The Morgan fingerprint density at radius 2 is 1.86 bits per heavy atom. The molecular formula is C21H26ClN5O. The summed E-state index contributed by atoms with van der Waals surface area (Å²) in [5, 5.41) is 3.44. The fourth-order valence-electron chi connectivity index (χ4n) is 4.11. The maximum atomic E-state index is 12.7. The molecule has 28 heavy (non-hydrogen) atoms. The number of carbonyl (C=O) groups is 1. The number of piperidine rings is 1. The molecule has 0 spiro atoms. The molecule has 7 heteroatoms. The highest BCUT2D eigenvalue weighted by Crippen LogP contribution is 2.24. The van der Waals surface area contributed by atoms with Crippen LogP contribution in [-0.4, -0.2) is 53.0 Å². The number of aromatic nitrogens is 2. The van der Waals surface area contributed by atoms with Gasteiger partial charge in [0.05, 0.1) is 0 Å². The normalized spacial score (nSPS) is 18.4. The summed E-state index contributed by atoms with van der Waals surface area (Å²) in [6.07, 6.45) is 4.90. The molecule has 1 aromatic carbocycles. The molecule has 0 saturated carbocycles. The van der Waals surface area contributed by atoms with E-state index in [1.165, 1.54) is 25.9 Å². The van der Waals surface area contributed by atoms with Gasteiger partial charge in [0.15, 0.2) is 0 Å². The summed E-state index contributed by atoms with van der Waals surface area (Å²) in [6, 6.07) is 9.50. The standard InChI is InChI=1S/C21H26ClN5O/c1-15-13-19(20(28)24-17-6-4-5-16(22)14-17)25-21(23-15)27-11-7-18(8-12-27)26-9-2-3-10-26/h4-6,13-14,18H,2-3,7-12H2,1H3,(H,24,28). The van der Waals surface area contributed by atoms with Crippen LogP contribution in [0.1, 0.15) is 41.9 Å². The lowest BCUT2D eigenvalue weighted by Crippen LogP contribution is -2.44. The minimum absolute atomic E-state index is 0.249. The maximum Gasteiger partial charge on any atom is 0.274 e. The van der Waals surface area contributed by atoms with Gasteiger partial charge in [-0.05, 0) is 70.0 Å². The summed E-state index contributed by atoms with van der Waals surface area (Å²) in [6.45, 7) is 6.23. The lowest BCUT2D eigenvalue weighted by Gasteiger charge is -2.36. The molecule has 2 fully saturated rings. The zero-order valence-corrected chi connectivity index (χ0v) is 17.0. The molecular weight excluding hydrogens is 374 g/mol. The number of hydrogen-bond donors (Lipinski definition) is 1. The molecule has 4 rings (SSSR count). The first-order valence-corrected chi connectivity index (χ1v) is 10.4. The van der Waals surface area contributed by atoms with Crippen LogP contribution >= 0.6 is 11.6 Å². The van der Waals surface area contributed by atoms with E-state index in [9.17, 15) is 4.79 Å². The first-order valence-electron chi connectivity index (χ1n) is 10.00. The number of amides is 1. The third-order valence-corrected chi connectivity index (χ3v) is 5.80. The van der Waals surface area contributed by atoms with E-state index in [2.05, 4.69) is 25.1 Å². The third-order valence-electron chi connectivity index (χ3n) is 5.56. The number of hydrogen-bond acceptors (Lipinski definition) is 5. The highest BCUT2D eigenvalue weighted by Gasteiger charge is 2.27. The highest BCUT2D eigenvalue weighted by atomic mass is 35.5. The van der Waals surface area contributed by atoms with Crippen molar-refractivity contribution in [1.82, 2.24) is 14.9 Å². The zero-order chi connectivity index (χ0) is 19.5. The van der Waals surface area contributed by atoms with Crippen LogP contribution in [0.2, 0.25) is 5.02 Å². The van der Waals surface area contributed by atoms with E-state index in [0.717, 1.165) is 31.6 Å². The number of halogens is 1. The Kier molecular flexibility index (Phi) is 5.78. The van der Waals surface area contributed by atoms with Crippen LogP contribution in [0.25, 0.3) is 0 Å². The van der Waals surface area contributed by atoms with E-state index in [-0.39, 0.29) is 5.91 Å².